The van der Waals surface area contributed by atoms with Crippen molar-refractivity contribution >= 4 is 9.84 Å². The summed E-state index contributed by atoms with van der Waals surface area (Å²) in [6.07, 6.45) is 2.53. The first-order chi connectivity index (χ1) is 7.66. The Labute approximate surface area is 95.3 Å². The van der Waals surface area contributed by atoms with Crippen molar-refractivity contribution in [1.82, 2.24) is 0 Å². The van der Waals surface area contributed by atoms with Gasteiger partial charge in [0.05, 0.1) is 16.8 Å². The van der Waals surface area contributed by atoms with Crippen LogP contribution in [0.2, 0.25) is 0 Å². The molecule has 0 unspecified atom stereocenters. The molecule has 0 saturated heterocycles. The molecule has 1 aromatic rings. The molecule has 16 heavy (non-hydrogen) atoms. The Bertz CT molecular complexity index is 466. The average Bonchev–Trinajstić information content (AvgIpc) is 2.15. The highest BCUT2D eigenvalue weighted by Crippen LogP contribution is 2.32. The third-order valence-corrected chi connectivity index (χ3v) is 5.37. The topological polar surface area (TPSA) is 69.4 Å². The van der Waals surface area contributed by atoms with Gasteiger partial charge in [0.1, 0.15) is 0 Å². The third kappa shape index (κ3) is 1.98. The highest BCUT2D eigenvalue weighted by molar-refractivity contribution is 7.92. The van der Waals surface area contributed by atoms with Crippen LogP contribution in [0.3, 0.4) is 0 Å². The van der Waals surface area contributed by atoms with E-state index in [1.165, 1.54) is 0 Å². The van der Waals surface area contributed by atoms with Gasteiger partial charge in [0.15, 0.2) is 9.84 Å². The largest absolute Gasteiger partial charge is 0.300 e. The van der Waals surface area contributed by atoms with Crippen molar-refractivity contribution in [3.8, 4) is 0 Å². The van der Waals surface area contributed by atoms with E-state index in [2.05, 4.69) is 4.84 Å². The molecule has 1 fully saturated rings. The van der Waals surface area contributed by atoms with Crippen molar-refractivity contribution in [2.75, 3.05) is 0 Å². The lowest BCUT2D eigenvalue weighted by molar-refractivity contribution is 0.122. The Balaban J connectivity index is 2.38. The number of sulfone groups is 1. The Morgan fingerprint density at radius 1 is 1.31 bits per heavy atom. The molecular formula is C11H15NO3S. The zero-order valence-electron chi connectivity index (χ0n) is 8.93. The predicted molar refractivity (Wildman–Crippen MR) is 60.2 cm³/mol. The van der Waals surface area contributed by atoms with Crippen molar-refractivity contribution in [2.24, 2.45) is 5.90 Å². The summed E-state index contributed by atoms with van der Waals surface area (Å²) in [5.74, 6) is 5.00. The average molecular weight is 241 g/mol. The molecular weight excluding hydrogens is 226 g/mol. The number of rotatable bonds is 4. The van der Waals surface area contributed by atoms with Gasteiger partial charge in [-0.1, -0.05) is 24.6 Å². The number of nitrogens with two attached hydrogens (primary N) is 1. The van der Waals surface area contributed by atoms with Crippen LogP contribution in [0.4, 0.5) is 0 Å². The quantitative estimate of drug-likeness (QED) is 0.809. The van der Waals surface area contributed by atoms with Gasteiger partial charge in [0.2, 0.25) is 0 Å². The highest BCUT2D eigenvalue weighted by Gasteiger charge is 2.33. The van der Waals surface area contributed by atoms with Gasteiger partial charge in [-0.15, -0.1) is 0 Å². The Morgan fingerprint density at radius 3 is 2.56 bits per heavy atom. The number of hydrogen-bond acceptors (Lipinski definition) is 4. The van der Waals surface area contributed by atoms with E-state index < -0.39 is 9.84 Å². The van der Waals surface area contributed by atoms with E-state index in [1.54, 1.807) is 24.3 Å². The molecule has 2 rings (SSSR count). The van der Waals surface area contributed by atoms with E-state index in [0.29, 0.717) is 10.5 Å². The second-order valence-electron chi connectivity index (χ2n) is 4.02. The first-order valence-corrected chi connectivity index (χ1v) is 6.84. The molecule has 1 saturated carbocycles. The fourth-order valence-electron chi connectivity index (χ4n) is 1.85. The Hall–Kier alpha value is -0.910. The van der Waals surface area contributed by atoms with Gasteiger partial charge < -0.3 is 0 Å². The SMILES string of the molecule is NOCc1ccccc1S(=O)(=O)C1CCC1. The van der Waals surface area contributed by atoms with E-state index in [9.17, 15) is 8.42 Å². The molecule has 88 valence electrons. The fourth-order valence-corrected chi connectivity index (χ4v) is 3.92. The summed E-state index contributed by atoms with van der Waals surface area (Å²) in [5.41, 5.74) is 0.636. The van der Waals surface area contributed by atoms with Crippen molar-refractivity contribution in [1.29, 1.82) is 0 Å². The van der Waals surface area contributed by atoms with Crippen molar-refractivity contribution in [3.63, 3.8) is 0 Å². The summed E-state index contributed by atoms with van der Waals surface area (Å²) in [7, 11) is -3.19. The predicted octanol–water partition coefficient (Wildman–Crippen LogP) is 1.40. The summed E-state index contributed by atoms with van der Waals surface area (Å²) < 4.78 is 24.4. The summed E-state index contributed by atoms with van der Waals surface area (Å²) in [6.45, 7) is 0.127. The van der Waals surface area contributed by atoms with Gasteiger partial charge in [-0.3, -0.25) is 4.84 Å². The summed E-state index contributed by atoms with van der Waals surface area (Å²) in [6, 6.07) is 6.88. The summed E-state index contributed by atoms with van der Waals surface area (Å²) >= 11 is 0. The monoisotopic (exact) mass is 241 g/mol. The third-order valence-electron chi connectivity index (χ3n) is 3.01. The molecule has 0 heterocycles. The summed E-state index contributed by atoms with van der Waals surface area (Å²) in [4.78, 5) is 4.90. The maximum Gasteiger partial charge on any atom is 0.181 e. The molecule has 0 aliphatic heterocycles. The van der Waals surface area contributed by atoms with Crippen molar-refractivity contribution < 1.29 is 13.3 Å². The second kappa shape index (κ2) is 4.53. The van der Waals surface area contributed by atoms with Gasteiger partial charge in [0, 0.05) is 0 Å². The van der Waals surface area contributed by atoms with Crippen LogP contribution in [0.1, 0.15) is 24.8 Å². The maximum absolute atomic E-state index is 12.2. The molecule has 1 aliphatic carbocycles. The Morgan fingerprint density at radius 2 is 2.00 bits per heavy atom. The van der Waals surface area contributed by atoms with Crippen LogP contribution in [0.15, 0.2) is 29.2 Å². The van der Waals surface area contributed by atoms with Crippen molar-refractivity contribution in [2.45, 2.75) is 36.0 Å². The zero-order valence-corrected chi connectivity index (χ0v) is 9.74. The van der Waals surface area contributed by atoms with Crippen LogP contribution in [-0.2, 0) is 21.3 Å². The van der Waals surface area contributed by atoms with E-state index in [0.717, 1.165) is 19.3 Å². The molecule has 0 atom stereocenters. The van der Waals surface area contributed by atoms with Gasteiger partial charge in [-0.2, -0.15) is 0 Å². The molecule has 1 aliphatic rings. The number of benzene rings is 1. The lowest BCUT2D eigenvalue weighted by Gasteiger charge is -2.26. The van der Waals surface area contributed by atoms with Crippen LogP contribution < -0.4 is 5.90 Å². The molecule has 0 spiro atoms. The first-order valence-electron chi connectivity index (χ1n) is 5.29. The van der Waals surface area contributed by atoms with Crippen molar-refractivity contribution in [3.05, 3.63) is 29.8 Å². The molecule has 0 aromatic heterocycles. The maximum atomic E-state index is 12.2. The molecule has 2 N–H and O–H groups in total. The molecule has 0 radical (unpaired) electrons. The second-order valence-corrected chi connectivity index (χ2v) is 6.21. The standard InChI is InChI=1S/C11H15NO3S/c12-15-8-9-4-1-2-7-11(9)16(13,14)10-5-3-6-10/h1-2,4,7,10H,3,5-6,8,12H2. The van der Waals surface area contributed by atoms with Gasteiger partial charge in [-0.25, -0.2) is 14.3 Å². The normalized spacial score (nSPS) is 17.1. The van der Waals surface area contributed by atoms with E-state index >= 15 is 0 Å². The Kier molecular flexibility index (Phi) is 3.28. The lowest BCUT2D eigenvalue weighted by Crippen LogP contribution is -2.29. The van der Waals surface area contributed by atoms with Gasteiger partial charge >= 0.3 is 0 Å². The van der Waals surface area contributed by atoms with Crippen LogP contribution in [0.25, 0.3) is 0 Å². The summed E-state index contributed by atoms with van der Waals surface area (Å²) in [5, 5.41) is -0.216. The van der Waals surface area contributed by atoms with Crippen LogP contribution in [-0.4, -0.2) is 13.7 Å². The number of hydrogen-bond donors (Lipinski definition) is 1. The van der Waals surface area contributed by atoms with Gasteiger partial charge in [0.25, 0.3) is 0 Å². The van der Waals surface area contributed by atoms with E-state index in [-0.39, 0.29) is 11.9 Å². The molecule has 0 bridgehead atoms. The zero-order chi connectivity index (χ0) is 11.6. The molecule has 5 heteroatoms. The minimum Gasteiger partial charge on any atom is -0.300 e. The van der Waals surface area contributed by atoms with Crippen LogP contribution in [0.5, 0.6) is 0 Å². The van der Waals surface area contributed by atoms with E-state index in [1.807, 2.05) is 0 Å². The fraction of sp³-hybridized carbons (Fsp3) is 0.455. The minimum atomic E-state index is -3.19. The van der Waals surface area contributed by atoms with Crippen LogP contribution >= 0.6 is 0 Å². The van der Waals surface area contributed by atoms with Crippen LogP contribution in [0, 0.1) is 0 Å². The lowest BCUT2D eigenvalue weighted by atomic mass is 10.00. The first kappa shape index (κ1) is 11.6. The van der Waals surface area contributed by atoms with E-state index in [4.69, 9.17) is 5.90 Å². The molecule has 0 amide bonds. The highest BCUT2D eigenvalue weighted by atomic mass is 32.2. The molecule has 4 nitrogen and oxygen atoms in total. The molecule has 1 aromatic carbocycles. The van der Waals surface area contributed by atoms with Gasteiger partial charge in [-0.05, 0) is 24.5 Å². The minimum absolute atomic E-state index is 0.127. The smallest absolute Gasteiger partial charge is 0.181 e.